The lowest BCUT2D eigenvalue weighted by Crippen LogP contribution is -2.49. The minimum atomic E-state index is 0.0653. The Morgan fingerprint density at radius 2 is 2.14 bits per heavy atom. The molecule has 1 fully saturated rings. The fourth-order valence-corrected chi connectivity index (χ4v) is 3.43. The van der Waals surface area contributed by atoms with Crippen LogP contribution in [0, 0.1) is 0 Å². The van der Waals surface area contributed by atoms with Crippen molar-refractivity contribution in [3.05, 3.63) is 59.9 Å². The molecule has 1 saturated heterocycles. The van der Waals surface area contributed by atoms with E-state index in [4.69, 9.17) is 4.74 Å². The average molecular weight is 383 g/mol. The Bertz CT molecular complexity index is 734. The highest BCUT2D eigenvalue weighted by molar-refractivity contribution is 5.78. The topological polar surface area (TPSA) is 66.5 Å². The third-order valence-corrected chi connectivity index (χ3v) is 4.80. The first-order valence-electron chi connectivity index (χ1n) is 9.99. The number of nitrogens with zero attached hydrogens (tertiary/aromatic N) is 2. The summed E-state index contributed by atoms with van der Waals surface area (Å²) in [6.07, 6.45) is 4.64. The van der Waals surface area contributed by atoms with Crippen LogP contribution < -0.4 is 15.4 Å². The monoisotopic (exact) mass is 382 g/mol. The summed E-state index contributed by atoms with van der Waals surface area (Å²) >= 11 is 0. The van der Waals surface area contributed by atoms with Crippen LogP contribution in [0.25, 0.3) is 0 Å². The van der Waals surface area contributed by atoms with E-state index in [0.717, 1.165) is 37.4 Å². The molecule has 150 valence electrons. The van der Waals surface area contributed by atoms with E-state index < -0.39 is 0 Å². The molecular formula is C22H30N4O2. The van der Waals surface area contributed by atoms with Gasteiger partial charge in [-0.1, -0.05) is 18.2 Å². The van der Waals surface area contributed by atoms with E-state index in [9.17, 15) is 4.79 Å². The van der Waals surface area contributed by atoms with Gasteiger partial charge in [0.05, 0.1) is 12.6 Å². The second-order valence-corrected chi connectivity index (χ2v) is 7.39. The van der Waals surface area contributed by atoms with Gasteiger partial charge >= 0.3 is 0 Å². The summed E-state index contributed by atoms with van der Waals surface area (Å²) in [6.45, 7) is 7.65. The molecule has 0 aliphatic carbocycles. The molecule has 1 amide bonds. The van der Waals surface area contributed by atoms with Crippen LogP contribution in [0.3, 0.4) is 0 Å². The van der Waals surface area contributed by atoms with Crippen LogP contribution in [0.1, 0.15) is 31.0 Å². The molecule has 1 aliphatic rings. The van der Waals surface area contributed by atoms with Crippen molar-refractivity contribution >= 4 is 5.91 Å². The highest BCUT2D eigenvalue weighted by Gasteiger charge is 2.25. The van der Waals surface area contributed by atoms with E-state index in [1.807, 2.05) is 38.2 Å². The number of hydrogen-bond donors (Lipinski definition) is 2. The van der Waals surface area contributed by atoms with Crippen molar-refractivity contribution in [1.82, 2.24) is 20.5 Å². The third kappa shape index (κ3) is 6.04. The van der Waals surface area contributed by atoms with Gasteiger partial charge in [0, 0.05) is 44.6 Å². The number of benzene rings is 1. The van der Waals surface area contributed by atoms with Crippen LogP contribution >= 0.6 is 0 Å². The molecule has 1 aromatic carbocycles. The Kier molecular flexibility index (Phi) is 7.39. The zero-order chi connectivity index (χ0) is 19.8. The van der Waals surface area contributed by atoms with Crippen LogP contribution in [0.2, 0.25) is 0 Å². The summed E-state index contributed by atoms with van der Waals surface area (Å²) in [5, 5.41) is 6.46. The van der Waals surface area contributed by atoms with E-state index in [2.05, 4.69) is 38.7 Å². The molecule has 0 saturated carbocycles. The Balaban J connectivity index is 1.45. The van der Waals surface area contributed by atoms with E-state index in [1.165, 1.54) is 5.56 Å². The van der Waals surface area contributed by atoms with Gasteiger partial charge in [-0.05, 0) is 49.6 Å². The van der Waals surface area contributed by atoms with Crippen molar-refractivity contribution in [2.45, 2.75) is 32.4 Å². The second kappa shape index (κ2) is 10.2. The molecule has 1 aliphatic heterocycles. The van der Waals surface area contributed by atoms with Crippen molar-refractivity contribution < 1.29 is 9.53 Å². The largest absolute Gasteiger partial charge is 0.491 e. The lowest BCUT2D eigenvalue weighted by molar-refractivity contribution is -0.123. The van der Waals surface area contributed by atoms with E-state index in [-0.39, 0.29) is 18.1 Å². The van der Waals surface area contributed by atoms with Gasteiger partial charge < -0.3 is 15.4 Å². The van der Waals surface area contributed by atoms with Crippen LogP contribution in [-0.2, 0) is 11.2 Å². The molecule has 0 bridgehead atoms. The van der Waals surface area contributed by atoms with Crippen molar-refractivity contribution in [3.8, 4) is 5.75 Å². The van der Waals surface area contributed by atoms with Crippen LogP contribution in [0.15, 0.2) is 48.8 Å². The van der Waals surface area contributed by atoms with Crippen molar-refractivity contribution in [2.75, 3.05) is 32.7 Å². The van der Waals surface area contributed by atoms with Crippen LogP contribution in [0.4, 0.5) is 0 Å². The molecule has 3 rings (SSSR count). The standard InChI is InChI=1S/C22H30N4O2/c1-17(2)28-20-7-5-18(6-8-20)9-11-25-22(27)16-26-13-12-24-15-21(26)19-4-3-10-23-14-19/h3-8,10,14,17,21,24H,9,11-13,15-16H2,1-2H3,(H,25,27). The maximum absolute atomic E-state index is 12.4. The van der Waals surface area contributed by atoms with Crippen molar-refractivity contribution in [3.63, 3.8) is 0 Å². The Labute approximate surface area is 167 Å². The predicted molar refractivity (Wildman–Crippen MR) is 110 cm³/mol. The number of ether oxygens (including phenoxy) is 1. The van der Waals surface area contributed by atoms with Gasteiger partial charge in [0.1, 0.15) is 5.75 Å². The number of piperazine rings is 1. The minimum absolute atomic E-state index is 0.0653. The average Bonchev–Trinajstić information content (AvgIpc) is 2.70. The first-order chi connectivity index (χ1) is 13.6. The first-order valence-corrected chi connectivity index (χ1v) is 9.99. The van der Waals surface area contributed by atoms with Crippen LogP contribution in [0.5, 0.6) is 5.75 Å². The number of carbonyl (C=O) groups excluding carboxylic acids is 1. The van der Waals surface area contributed by atoms with Gasteiger partial charge in [-0.2, -0.15) is 0 Å². The zero-order valence-electron chi connectivity index (χ0n) is 16.7. The summed E-state index contributed by atoms with van der Waals surface area (Å²) < 4.78 is 5.66. The molecule has 1 atom stereocenters. The SMILES string of the molecule is CC(C)Oc1ccc(CCNC(=O)CN2CCNCC2c2cccnc2)cc1. The maximum atomic E-state index is 12.4. The van der Waals surface area contributed by atoms with E-state index >= 15 is 0 Å². The summed E-state index contributed by atoms with van der Waals surface area (Å²) in [7, 11) is 0. The van der Waals surface area contributed by atoms with Gasteiger partial charge in [0.15, 0.2) is 0 Å². The normalized spacial score (nSPS) is 17.5. The lowest BCUT2D eigenvalue weighted by Gasteiger charge is -2.35. The molecule has 0 radical (unpaired) electrons. The van der Waals surface area contributed by atoms with Crippen molar-refractivity contribution in [1.29, 1.82) is 0 Å². The smallest absolute Gasteiger partial charge is 0.234 e. The minimum Gasteiger partial charge on any atom is -0.491 e. The Morgan fingerprint density at radius 1 is 1.32 bits per heavy atom. The number of nitrogens with one attached hydrogen (secondary N) is 2. The highest BCUT2D eigenvalue weighted by atomic mass is 16.5. The molecule has 28 heavy (non-hydrogen) atoms. The molecule has 2 aromatic rings. The molecule has 1 unspecified atom stereocenters. The van der Waals surface area contributed by atoms with E-state index in [0.29, 0.717) is 13.1 Å². The number of pyridine rings is 1. The fourth-order valence-electron chi connectivity index (χ4n) is 3.43. The second-order valence-electron chi connectivity index (χ2n) is 7.39. The van der Waals surface area contributed by atoms with Gasteiger partial charge in [0.2, 0.25) is 5.91 Å². The summed E-state index contributed by atoms with van der Waals surface area (Å²) in [5.74, 6) is 0.943. The van der Waals surface area contributed by atoms with Gasteiger partial charge in [-0.3, -0.25) is 14.7 Å². The fraction of sp³-hybridized carbons (Fsp3) is 0.455. The summed E-state index contributed by atoms with van der Waals surface area (Å²) in [4.78, 5) is 18.9. The zero-order valence-corrected chi connectivity index (χ0v) is 16.7. The van der Waals surface area contributed by atoms with Gasteiger partial charge in [0.25, 0.3) is 0 Å². The molecule has 2 heterocycles. The molecule has 0 spiro atoms. The first kappa shape index (κ1) is 20.3. The number of amides is 1. The van der Waals surface area contributed by atoms with Gasteiger partial charge in [-0.15, -0.1) is 0 Å². The Hall–Kier alpha value is -2.44. The molecule has 2 N–H and O–H groups in total. The van der Waals surface area contributed by atoms with Crippen molar-refractivity contribution in [2.24, 2.45) is 0 Å². The number of hydrogen-bond acceptors (Lipinski definition) is 5. The maximum Gasteiger partial charge on any atom is 0.234 e. The van der Waals surface area contributed by atoms with Gasteiger partial charge in [-0.25, -0.2) is 0 Å². The molecular weight excluding hydrogens is 352 g/mol. The molecule has 6 heteroatoms. The molecule has 6 nitrogen and oxygen atoms in total. The summed E-state index contributed by atoms with van der Waals surface area (Å²) in [5.41, 5.74) is 2.33. The quantitative estimate of drug-likeness (QED) is 0.733. The summed E-state index contributed by atoms with van der Waals surface area (Å²) in [6, 6.07) is 12.3. The molecule has 1 aromatic heterocycles. The number of rotatable bonds is 8. The highest BCUT2D eigenvalue weighted by Crippen LogP contribution is 2.20. The Morgan fingerprint density at radius 3 is 2.86 bits per heavy atom. The predicted octanol–water partition coefficient (Wildman–Crippen LogP) is 2.17. The van der Waals surface area contributed by atoms with Crippen LogP contribution in [-0.4, -0.2) is 54.6 Å². The number of aromatic nitrogens is 1. The van der Waals surface area contributed by atoms with E-state index in [1.54, 1.807) is 6.20 Å². The third-order valence-electron chi connectivity index (χ3n) is 4.80. The number of carbonyl (C=O) groups is 1. The lowest BCUT2D eigenvalue weighted by atomic mass is 10.1.